The van der Waals surface area contributed by atoms with Gasteiger partial charge >= 0.3 is 5.97 Å². The standard InChI is InChI=1S/C35H22N6O3S2/c36-17-26-30(22-14-15-45-19-22)27(18-37)34(41-32(26)38)46-31(21-6-2-1-3-7-21)33(42)39-23-12-10-20(11-13-23)29-16-25(35(43)44)24-8-4-5-9-28(24)40-29/h1-16,19,31H,(H2,38,41)(H,39,42)(H,43,44). The number of nitrogen functional groups attached to an aromatic ring is 1. The van der Waals surface area contributed by atoms with Crippen LogP contribution in [0.15, 0.2) is 107 Å². The summed E-state index contributed by atoms with van der Waals surface area (Å²) in [5.41, 5.74) is 10.6. The van der Waals surface area contributed by atoms with E-state index >= 15 is 0 Å². The number of pyridine rings is 2. The van der Waals surface area contributed by atoms with E-state index in [4.69, 9.17) is 5.73 Å². The summed E-state index contributed by atoms with van der Waals surface area (Å²) in [6.07, 6.45) is 0. The van der Waals surface area contributed by atoms with E-state index in [0.717, 1.165) is 11.8 Å². The molecule has 0 aliphatic rings. The molecule has 3 aromatic carbocycles. The number of benzene rings is 3. The van der Waals surface area contributed by atoms with E-state index in [9.17, 15) is 25.2 Å². The number of aromatic carboxylic acids is 1. The first kappa shape index (κ1) is 30.0. The number of aromatic nitrogens is 2. The summed E-state index contributed by atoms with van der Waals surface area (Å²) in [4.78, 5) is 34.8. The van der Waals surface area contributed by atoms with E-state index in [1.165, 1.54) is 17.4 Å². The number of carbonyl (C=O) groups is 2. The fraction of sp³-hybridized carbons (Fsp3) is 0.0286. The highest BCUT2D eigenvalue weighted by molar-refractivity contribution is 8.00. The highest BCUT2D eigenvalue weighted by Crippen LogP contribution is 2.42. The van der Waals surface area contributed by atoms with Crippen molar-refractivity contribution in [2.45, 2.75) is 10.3 Å². The Hall–Kier alpha value is -6.01. The van der Waals surface area contributed by atoms with Crippen molar-refractivity contribution >= 4 is 57.4 Å². The number of carboxylic acid groups (broad SMARTS) is 1. The van der Waals surface area contributed by atoms with E-state index in [-0.39, 0.29) is 33.4 Å². The zero-order valence-electron chi connectivity index (χ0n) is 23.8. The Balaban J connectivity index is 1.33. The second kappa shape index (κ2) is 12.9. The number of rotatable bonds is 8. The van der Waals surface area contributed by atoms with Crippen LogP contribution in [-0.4, -0.2) is 27.0 Å². The Labute approximate surface area is 271 Å². The van der Waals surface area contributed by atoms with Crippen LogP contribution in [-0.2, 0) is 4.79 Å². The van der Waals surface area contributed by atoms with Crippen molar-refractivity contribution in [3.8, 4) is 34.5 Å². The van der Waals surface area contributed by atoms with Gasteiger partial charge in [-0.1, -0.05) is 72.4 Å². The summed E-state index contributed by atoms with van der Waals surface area (Å²) in [6.45, 7) is 0. The Bertz CT molecular complexity index is 2190. The number of nitrogens with zero attached hydrogens (tertiary/aromatic N) is 4. The molecule has 4 N–H and O–H groups in total. The van der Waals surface area contributed by atoms with E-state index in [0.29, 0.717) is 44.5 Å². The third-order valence-electron chi connectivity index (χ3n) is 7.19. The molecular formula is C35H22N6O3S2. The van der Waals surface area contributed by atoms with Gasteiger partial charge in [-0.05, 0) is 52.2 Å². The lowest BCUT2D eigenvalue weighted by Gasteiger charge is -2.19. The fourth-order valence-corrected chi connectivity index (χ4v) is 6.77. The van der Waals surface area contributed by atoms with Crippen molar-refractivity contribution in [2.24, 2.45) is 0 Å². The van der Waals surface area contributed by atoms with Crippen molar-refractivity contribution in [2.75, 3.05) is 11.1 Å². The van der Waals surface area contributed by atoms with E-state index < -0.39 is 11.2 Å². The Kier molecular flexibility index (Phi) is 8.44. The number of fused-ring (bicyclic) bond motifs is 1. The lowest BCUT2D eigenvalue weighted by molar-refractivity contribution is -0.115. The first-order chi connectivity index (χ1) is 22.4. The summed E-state index contributed by atoms with van der Waals surface area (Å²) < 4.78 is 0. The highest BCUT2D eigenvalue weighted by Gasteiger charge is 2.28. The monoisotopic (exact) mass is 638 g/mol. The van der Waals surface area contributed by atoms with Crippen LogP contribution in [0.4, 0.5) is 11.5 Å². The largest absolute Gasteiger partial charge is 0.478 e. The summed E-state index contributed by atoms with van der Waals surface area (Å²) in [6, 6.07) is 30.7. The van der Waals surface area contributed by atoms with Gasteiger partial charge in [0, 0.05) is 22.2 Å². The van der Waals surface area contributed by atoms with Crippen LogP contribution in [0.2, 0.25) is 0 Å². The fourth-order valence-electron chi connectivity index (χ4n) is 5.02. The van der Waals surface area contributed by atoms with Crippen molar-refractivity contribution in [3.05, 3.63) is 124 Å². The second-order valence-electron chi connectivity index (χ2n) is 10.0. The third-order valence-corrected chi connectivity index (χ3v) is 9.11. The zero-order chi connectivity index (χ0) is 32.2. The molecule has 1 atom stereocenters. The van der Waals surface area contributed by atoms with Gasteiger partial charge in [-0.2, -0.15) is 21.9 Å². The predicted molar refractivity (Wildman–Crippen MR) is 179 cm³/mol. The number of hydrogen-bond donors (Lipinski definition) is 3. The normalized spacial score (nSPS) is 11.3. The quantitative estimate of drug-likeness (QED) is 0.143. The van der Waals surface area contributed by atoms with Crippen LogP contribution in [0, 0.1) is 22.7 Å². The molecule has 1 unspecified atom stereocenters. The Morgan fingerprint density at radius 3 is 2.28 bits per heavy atom. The van der Waals surface area contributed by atoms with Gasteiger partial charge in [-0.25, -0.2) is 14.8 Å². The van der Waals surface area contributed by atoms with E-state index in [1.54, 1.807) is 54.6 Å². The first-order valence-electron chi connectivity index (χ1n) is 13.8. The van der Waals surface area contributed by atoms with Crippen molar-refractivity contribution < 1.29 is 14.7 Å². The second-order valence-corrected chi connectivity index (χ2v) is 11.9. The number of nitrogens with one attached hydrogen (secondary N) is 1. The number of carboxylic acids is 1. The van der Waals surface area contributed by atoms with Gasteiger partial charge in [0.05, 0.1) is 22.3 Å². The third kappa shape index (κ3) is 5.88. The number of carbonyl (C=O) groups excluding carboxylic acids is 1. The molecule has 1 amide bonds. The van der Waals surface area contributed by atoms with Crippen molar-refractivity contribution in [1.29, 1.82) is 10.5 Å². The molecule has 0 saturated heterocycles. The van der Waals surface area contributed by atoms with Gasteiger partial charge in [0.1, 0.15) is 33.8 Å². The van der Waals surface area contributed by atoms with Crippen LogP contribution >= 0.6 is 23.1 Å². The van der Waals surface area contributed by atoms with E-state index in [2.05, 4.69) is 27.4 Å². The molecular weight excluding hydrogens is 617 g/mol. The molecule has 0 bridgehead atoms. The number of thioether (sulfide) groups is 1. The number of nitriles is 2. The molecule has 0 saturated carbocycles. The van der Waals surface area contributed by atoms with Crippen molar-refractivity contribution in [3.63, 3.8) is 0 Å². The molecule has 0 aliphatic heterocycles. The molecule has 3 heterocycles. The summed E-state index contributed by atoms with van der Waals surface area (Å²) >= 11 is 2.50. The van der Waals surface area contributed by atoms with Gasteiger partial charge in [0.15, 0.2) is 0 Å². The summed E-state index contributed by atoms with van der Waals surface area (Å²) in [5, 5.41) is 36.4. The summed E-state index contributed by atoms with van der Waals surface area (Å²) in [5.74, 6) is -1.44. The molecule has 46 heavy (non-hydrogen) atoms. The Morgan fingerprint density at radius 2 is 1.61 bits per heavy atom. The zero-order valence-corrected chi connectivity index (χ0v) is 25.5. The van der Waals surface area contributed by atoms with Crippen LogP contribution in [0.5, 0.6) is 0 Å². The van der Waals surface area contributed by atoms with Crippen LogP contribution in [0.25, 0.3) is 33.3 Å². The minimum atomic E-state index is -1.05. The van der Waals surface area contributed by atoms with Gasteiger partial charge < -0.3 is 16.2 Å². The molecule has 0 fully saturated rings. The first-order valence-corrected chi connectivity index (χ1v) is 15.6. The predicted octanol–water partition coefficient (Wildman–Crippen LogP) is 7.52. The maximum absolute atomic E-state index is 13.9. The molecule has 222 valence electrons. The van der Waals surface area contributed by atoms with Crippen LogP contribution < -0.4 is 11.1 Å². The minimum Gasteiger partial charge on any atom is -0.478 e. The Morgan fingerprint density at radius 1 is 0.891 bits per heavy atom. The van der Waals surface area contributed by atoms with Gasteiger partial charge in [0.25, 0.3) is 0 Å². The minimum absolute atomic E-state index is 0.0265. The molecule has 0 aliphatic carbocycles. The average molecular weight is 639 g/mol. The highest BCUT2D eigenvalue weighted by atomic mass is 32.2. The van der Waals surface area contributed by atoms with Gasteiger partial charge in [-0.15, -0.1) is 0 Å². The SMILES string of the molecule is N#Cc1c(N)nc(SC(C(=O)Nc2ccc(-c3cc(C(=O)O)c4ccccc4n3)cc2)c2ccccc2)c(C#N)c1-c1ccsc1. The number of para-hydroxylation sites is 1. The molecule has 3 aromatic heterocycles. The molecule has 6 aromatic rings. The smallest absolute Gasteiger partial charge is 0.336 e. The molecule has 0 radical (unpaired) electrons. The molecule has 0 spiro atoms. The molecule has 9 nitrogen and oxygen atoms in total. The van der Waals surface area contributed by atoms with Gasteiger partial charge in [-0.3, -0.25) is 4.79 Å². The van der Waals surface area contributed by atoms with Crippen LogP contribution in [0.3, 0.4) is 0 Å². The summed E-state index contributed by atoms with van der Waals surface area (Å²) in [7, 11) is 0. The van der Waals surface area contributed by atoms with Crippen LogP contribution in [0.1, 0.15) is 32.3 Å². The number of thiophene rings is 1. The maximum atomic E-state index is 13.9. The van der Waals surface area contributed by atoms with Crippen molar-refractivity contribution in [1.82, 2.24) is 9.97 Å². The number of amides is 1. The maximum Gasteiger partial charge on any atom is 0.336 e. The van der Waals surface area contributed by atoms with E-state index in [1.807, 2.05) is 41.1 Å². The number of nitrogens with two attached hydrogens (primary N) is 1. The molecule has 11 heteroatoms. The lowest BCUT2D eigenvalue weighted by atomic mass is 9.99. The van der Waals surface area contributed by atoms with Gasteiger partial charge in [0.2, 0.25) is 5.91 Å². The average Bonchev–Trinajstić information content (AvgIpc) is 3.62. The lowest BCUT2D eigenvalue weighted by Crippen LogP contribution is -2.19. The number of anilines is 2. The topological polar surface area (TPSA) is 166 Å². The molecule has 6 rings (SSSR count). The number of hydrogen-bond acceptors (Lipinski definition) is 9.